The zero-order valence-corrected chi connectivity index (χ0v) is 18.4. The summed E-state index contributed by atoms with van der Waals surface area (Å²) < 4.78 is 0. The second-order valence-corrected chi connectivity index (χ2v) is 8.30. The van der Waals surface area contributed by atoms with E-state index in [0.717, 1.165) is 58.7 Å². The molecule has 1 unspecified atom stereocenters. The maximum atomic E-state index is 12.3. The average Bonchev–Trinajstić information content (AvgIpc) is 3.15. The van der Waals surface area contributed by atoms with Crippen molar-refractivity contribution in [2.45, 2.75) is 51.5 Å². The highest BCUT2D eigenvalue weighted by Crippen LogP contribution is 2.18. The summed E-state index contributed by atoms with van der Waals surface area (Å²) in [5.41, 5.74) is 0. The van der Waals surface area contributed by atoms with Crippen molar-refractivity contribution in [3.63, 3.8) is 0 Å². The molecule has 0 radical (unpaired) electrons. The second-order valence-electron chi connectivity index (χ2n) is 8.30. The highest BCUT2D eigenvalue weighted by Gasteiger charge is 2.28. The second kappa shape index (κ2) is 13.6. The van der Waals surface area contributed by atoms with Crippen molar-refractivity contribution in [1.82, 2.24) is 25.3 Å². The van der Waals surface area contributed by atoms with E-state index in [1.54, 1.807) is 0 Å². The summed E-state index contributed by atoms with van der Waals surface area (Å²) in [4.78, 5) is 41.7. The van der Waals surface area contributed by atoms with Crippen LogP contribution in [0.2, 0.25) is 0 Å². The molecule has 0 aromatic rings. The number of carbonyl (C=O) groups is 3. The fourth-order valence-electron chi connectivity index (χ4n) is 4.17. The van der Waals surface area contributed by atoms with Crippen molar-refractivity contribution in [3.8, 4) is 0 Å². The van der Waals surface area contributed by atoms with Crippen LogP contribution in [0.3, 0.4) is 0 Å². The summed E-state index contributed by atoms with van der Waals surface area (Å²) in [5.74, 6) is -0.928. The fraction of sp³-hybridized carbons (Fsp3) is 0.857. The third-order valence-electron chi connectivity index (χ3n) is 6.02. The molecule has 2 aliphatic rings. The van der Waals surface area contributed by atoms with Crippen LogP contribution in [0.5, 0.6) is 0 Å². The molecule has 3 N–H and O–H groups in total. The Morgan fingerprint density at radius 1 is 0.900 bits per heavy atom. The van der Waals surface area contributed by atoms with Crippen LogP contribution in [-0.4, -0.2) is 109 Å². The molecule has 2 fully saturated rings. The van der Waals surface area contributed by atoms with Crippen molar-refractivity contribution in [2.24, 2.45) is 0 Å². The van der Waals surface area contributed by atoms with Gasteiger partial charge in [-0.1, -0.05) is 6.92 Å². The van der Waals surface area contributed by atoms with Gasteiger partial charge in [0.15, 0.2) is 0 Å². The highest BCUT2D eigenvalue weighted by atomic mass is 16.4. The van der Waals surface area contributed by atoms with E-state index in [-0.39, 0.29) is 18.2 Å². The lowest BCUT2D eigenvalue weighted by Crippen LogP contribution is -2.51. The van der Waals surface area contributed by atoms with Gasteiger partial charge in [-0.05, 0) is 38.8 Å². The minimum atomic E-state index is -0.855. The van der Waals surface area contributed by atoms with E-state index < -0.39 is 5.97 Å². The van der Waals surface area contributed by atoms with Crippen LogP contribution in [0.15, 0.2) is 0 Å². The van der Waals surface area contributed by atoms with E-state index in [9.17, 15) is 14.4 Å². The number of hydrogen-bond donors (Lipinski definition) is 3. The number of aliphatic carboxylic acids is 1. The first-order chi connectivity index (χ1) is 14.5. The average molecular weight is 436 g/mol. The minimum absolute atomic E-state index is 0.0274. The lowest BCUT2D eigenvalue weighted by Gasteiger charge is -2.37. The fourth-order valence-corrected chi connectivity index (χ4v) is 4.17. The number of likely N-dealkylation sites (tertiary alicyclic amines) is 1. The first kappa shape index (κ1) is 24.6. The van der Waals surface area contributed by atoms with E-state index in [4.69, 9.17) is 5.11 Å². The Labute approximate surface area is 180 Å². The highest BCUT2D eigenvalue weighted by molar-refractivity contribution is 5.78. The maximum Gasteiger partial charge on any atom is 0.303 e. The van der Waals surface area contributed by atoms with Gasteiger partial charge in [0.25, 0.3) is 0 Å². The molecule has 9 heteroatoms. The molecule has 0 aromatic carbocycles. The molecule has 2 heterocycles. The zero-order chi connectivity index (χ0) is 21.8. The van der Waals surface area contributed by atoms with Gasteiger partial charge >= 0.3 is 5.97 Å². The van der Waals surface area contributed by atoms with Gasteiger partial charge in [-0.3, -0.25) is 24.2 Å². The molecule has 2 saturated heterocycles. The zero-order valence-electron chi connectivity index (χ0n) is 18.4. The molecule has 0 bridgehead atoms. The molecule has 2 amide bonds. The van der Waals surface area contributed by atoms with Gasteiger partial charge < -0.3 is 20.6 Å². The van der Waals surface area contributed by atoms with Crippen molar-refractivity contribution in [2.75, 3.05) is 65.4 Å². The molecule has 30 heavy (non-hydrogen) atoms. The first-order valence-corrected chi connectivity index (χ1v) is 11.4. The molecule has 0 aromatic heterocycles. The minimum Gasteiger partial charge on any atom is -0.481 e. The molecular weight excluding hydrogens is 397 g/mol. The Balaban J connectivity index is 1.55. The normalized spacial score (nSPS) is 20.9. The van der Waals surface area contributed by atoms with Gasteiger partial charge in [-0.25, -0.2) is 0 Å². The van der Waals surface area contributed by atoms with Gasteiger partial charge in [0.2, 0.25) is 11.8 Å². The maximum absolute atomic E-state index is 12.3. The molecule has 2 rings (SSSR count). The Kier molecular flexibility index (Phi) is 11.1. The van der Waals surface area contributed by atoms with Gasteiger partial charge in [0.1, 0.15) is 0 Å². The van der Waals surface area contributed by atoms with E-state index >= 15 is 0 Å². The summed E-state index contributed by atoms with van der Waals surface area (Å²) in [6.07, 6.45) is 3.72. The van der Waals surface area contributed by atoms with Crippen molar-refractivity contribution in [3.05, 3.63) is 0 Å². The number of amides is 2. The molecule has 0 aliphatic carbocycles. The summed E-state index contributed by atoms with van der Waals surface area (Å²) in [6.45, 7) is 11.1. The number of carbonyl (C=O) groups excluding carboxylic acids is 2. The van der Waals surface area contributed by atoms with Crippen LogP contribution >= 0.6 is 0 Å². The SMILES string of the molecule is CCN1CCN(CC2CCCN2CC(=O)[15NH][13CH2][13CH2][13CH2][13C](=O)[15NH][13CH2][13CH2][13CH2]C(=O)O)[13CH2][13CH2]1. The number of nitrogens with zero attached hydrogens (tertiary/aromatic N) is 3. The van der Waals surface area contributed by atoms with Crippen molar-refractivity contribution < 1.29 is 19.5 Å². The Bertz CT molecular complexity index is 552. The Morgan fingerprint density at radius 3 is 2.20 bits per heavy atom. The number of carboxylic acids is 1. The van der Waals surface area contributed by atoms with E-state index in [2.05, 4.69) is 32.3 Å². The predicted molar refractivity (Wildman–Crippen MR) is 115 cm³/mol. The number of likely N-dealkylation sites (N-methyl/N-ethyl adjacent to an activating group) is 1. The summed E-state index contributed by atoms with van der Waals surface area (Å²) in [5, 5.41) is 14.2. The van der Waals surface area contributed by atoms with Gasteiger partial charge in [0, 0.05) is 64.7 Å². The molecule has 172 valence electrons. The van der Waals surface area contributed by atoms with E-state index in [0.29, 0.717) is 44.9 Å². The quantitative estimate of drug-likeness (QED) is 0.211. The van der Waals surface area contributed by atoms with Crippen LogP contribution in [-0.2, 0) is 14.4 Å². The molecular formula is C21H39N5O4. The number of rotatable bonds is 13. The first-order valence-electron chi connectivity index (χ1n) is 11.4. The van der Waals surface area contributed by atoms with E-state index in [1.165, 1.54) is 0 Å². The molecule has 1 atom stereocenters. The lowest BCUT2D eigenvalue weighted by atomic mass is 10.2. The lowest BCUT2D eigenvalue weighted by molar-refractivity contribution is -0.137. The molecule has 9 nitrogen and oxygen atoms in total. The predicted octanol–water partition coefficient (Wildman–Crippen LogP) is -0.0343. The number of hydrogen-bond acceptors (Lipinski definition) is 6. The van der Waals surface area contributed by atoms with Crippen LogP contribution in [0.25, 0.3) is 0 Å². The van der Waals surface area contributed by atoms with Crippen LogP contribution in [0, 0.1) is 0 Å². The van der Waals surface area contributed by atoms with Gasteiger partial charge in [-0.2, -0.15) is 0 Å². The van der Waals surface area contributed by atoms with Crippen molar-refractivity contribution >= 4 is 17.8 Å². The van der Waals surface area contributed by atoms with Crippen LogP contribution in [0.4, 0.5) is 0 Å². The number of nitrogens with one attached hydrogen (secondary N) is 2. The summed E-state index contributed by atoms with van der Waals surface area (Å²) >= 11 is 0. The molecule has 0 spiro atoms. The molecule has 0 saturated carbocycles. The standard InChI is InChI=1S/C21H39N5O4/c1-2-24-12-14-25(15-13-24)16-18-6-5-11-26(18)17-20(28)23-9-3-7-19(27)22-10-4-8-21(29)30/h18H,2-17H2,1H3,(H,22,27)(H,23,28)(H,29,30)/i3+1,4+1,7+1,8+1,9+1,10+1,12+1,14+1,19+1,22+1,23+1. The summed E-state index contributed by atoms with van der Waals surface area (Å²) in [7, 11) is 0. The Morgan fingerprint density at radius 2 is 1.53 bits per heavy atom. The smallest absolute Gasteiger partial charge is 0.303 e. The van der Waals surface area contributed by atoms with Gasteiger partial charge in [-0.15, -0.1) is 0 Å². The van der Waals surface area contributed by atoms with Crippen LogP contribution < -0.4 is 10.6 Å². The number of piperazine rings is 1. The third kappa shape index (κ3) is 9.40. The summed E-state index contributed by atoms with van der Waals surface area (Å²) in [6, 6.07) is 0.459. The van der Waals surface area contributed by atoms with Crippen molar-refractivity contribution in [1.29, 1.82) is 0 Å². The third-order valence-corrected chi connectivity index (χ3v) is 6.02. The van der Waals surface area contributed by atoms with Gasteiger partial charge in [0.05, 0.1) is 6.54 Å². The number of carboxylic acid groups (broad SMARTS) is 1. The molecule has 2 aliphatic heterocycles. The Hall–Kier alpha value is -1.71. The monoisotopic (exact) mass is 436 g/mol. The van der Waals surface area contributed by atoms with E-state index in [1.807, 2.05) is 0 Å². The largest absolute Gasteiger partial charge is 0.481 e. The topological polar surface area (TPSA) is 105 Å². The van der Waals surface area contributed by atoms with Crippen LogP contribution in [0.1, 0.15) is 45.4 Å².